The number of halogens is 1. The highest BCUT2D eigenvalue weighted by Gasteiger charge is 2.42. The Morgan fingerprint density at radius 2 is 1.71 bits per heavy atom. The molecule has 3 aliphatic rings. The van der Waals surface area contributed by atoms with Crippen molar-refractivity contribution in [1.82, 2.24) is 4.90 Å². The van der Waals surface area contributed by atoms with Gasteiger partial charge in [0.25, 0.3) is 0 Å². The molecule has 3 fully saturated rings. The van der Waals surface area contributed by atoms with Gasteiger partial charge in [-0.1, -0.05) is 6.42 Å². The van der Waals surface area contributed by atoms with Crippen molar-refractivity contribution in [3.63, 3.8) is 0 Å². The molecule has 0 radical (unpaired) electrons. The Kier molecular flexibility index (Phi) is 6.93. The molecule has 3 rings (SSSR count). The SMILES string of the molecule is Cl.NC(=O)CCC1CCCN(C(=O)C2CC3CCCC(C2)C3N)C1. The highest BCUT2D eigenvalue weighted by molar-refractivity contribution is 5.85. The zero-order valence-electron chi connectivity index (χ0n) is 14.5. The molecule has 6 heteroatoms. The van der Waals surface area contributed by atoms with Gasteiger partial charge in [-0.3, -0.25) is 9.59 Å². The van der Waals surface area contributed by atoms with Crippen LogP contribution in [0.1, 0.15) is 57.8 Å². The minimum Gasteiger partial charge on any atom is -0.370 e. The second-order valence-corrected chi connectivity index (χ2v) is 7.99. The summed E-state index contributed by atoms with van der Waals surface area (Å²) in [7, 11) is 0. The van der Waals surface area contributed by atoms with E-state index in [1.54, 1.807) is 0 Å². The summed E-state index contributed by atoms with van der Waals surface area (Å²) in [6, 6.07) is 0.317. The average Bonchev–Trinajstić information content (AvgIpc) is 2.52. The van der Waals surface area contributed by atoms with Gasteiger partial charge in [0, 0.05) is 31.5 Å². The Balaban J connectivity index is 0.00000208. The van der Waals surface area contributed by atoms with E-state index in [-0.39, 0.29) is 24.2 Å². The molecule has 138 valence electrons. The van der Waals surface area contributed by atoms with Crippen LogP contribution < -0.4 is 11.5 Å². The highest BCUT2D eigenvalue weighted by Crippen LogP contribution is 2.42. The lowest BCUT2D eigenvalue weighted by atomic mass is 9.65. The van der Waals surface area contributed by atoms with Gasteiger partial charge in [-0.15, -0.1) is 12.4 Å². The number of hydrogen-bond acceptors (Lipinski definition) is 3. The topological polar surface area (TPSA) is 89.4 Å². The van der Waals surface area contributed by atoms with Crippen molar-refractivity contribution in [2.75, 3.05) is 13.1 Å². The van der Waals surface area contributed by atoms with Gasteiger partial charge in [-0.25, -0.2) is 0 Å². The van der Waals surface area contributed by atoms with Crippen LogP contribution in [0.4, 0.5) is 0 Å². The van der Waals surface area contributed by atoms with E-state index in [0.29, 0.717) is 36.1 Å². The number of fused-ring (bicyclic) bond motifs is 2. The molecule has 2 amide bonds. The van der Waals surface area contributed by atoms with Crippen molar-refractivity contribution in [3.8, 4) is 0 Å². The lowest BCUT2D eigenvalue weighted by Gasteiger charge is -2.45. The van der Waals surface area contributed by atoms with E-state index in [0.717, 1.165) is 45.2 Å². The smallest absolute Gasteiger partial charge is 0.225 e. The molecule has 2 aliphatic carbocycles. The zero-order valence-corrected chi connectivity index (χ0v) is 15.3. The van der Waals surface area contributed by atoms with Gasteiger partial charge in [0.2, 0.25) is 11.8 Å². The van der Waals surface area contributed by atoms with Crippen LogP contribution in [0.2, 0.25) is 0 Å². The van der Waals surface area contributed by atoms with Crippen LogP contribution in [-0.4, -0.2) is 35.8 Å². The van der Waals surface area contributed by atoms with E-state index in [9.17, 15) is 9.59 Å². The Hall–Kier alpha value is -0.810. The van der Waals surface area contributed by atoms with E-state index in [4.69, 9.17) is 11.5 Å². The second kappa shape index (κ2) is 8.52. The lowest BCUT2D eigenvalue weighted by Crippen LogP contribution is -2.51. The summed E-state index contributed by atoms with van der Waals surface area (Å²) in [6.07, 6.45) is 9.06. The molecule has 2 bridgehead atoms. The minimum absolute atomic E-state index is 0. The number of hydrogen-bond donors (Lipinski definition) is 2. The number of carbonyl (C=O) groups excluding carboxylic acids is 2. The van der Waals surface area contributed by atoms with Crippen LogP contribution in [0.3, 0.4) is 0 Å². The molecular weight excluding hydrogens is 326 g/mol. The van der Waals surface area contributed by atoms with Crippen LogP contribution >= 0.6 is 12.4 Å². The molecule has 4 N–H and O–H groups in total. The molecule has 0 aromatic heterocycles. The van der Waals surface area contributed by atoms with E-state index in [2.05, 4.69) is 4.90 Å². The van der Waals surface area contributed by atoms with E-state index >= 15 is 0 Å². The van der Waals surface area contributed by atoms with Crippen LogP contribution in [0.5, 0.6) is 0 Å². The molecular formula is C18H32ClN3O2. The average molecular weight is 358 g/mol. The second-order valence-electron chi connectivity index (χ2n) is 7.99. The summed E-state index contributed by atoms with van der Waals surface area (Å²) in [4.78, 5) is 26.0. The standard InChI is InChI=1S/C18H31N3O2.ClH/c19-16(22)7-6-12-3-2-8-21(11-12)18(23)15-9-13-4-1-5-14(10-15)17(13)20;/h12-15,17H,1-11,20H2,(H2,19,22);1H. The van der Waals surface area contributed by atoms with Crippen LogP contribution in [0, 0.1) is 23.7 Å². The Bertz CT molecular complexity index is 446. The van der Waals surface area contributed by atoms with Gasteiger partial charge in [-0.05, 0) is 62.7 Å². The minimum atomic E-state index is -0.234. The van der Waals surface area contributed by atoms with Crippen molar-refractivity contribution in [2.24, 2.45) is 35.1 Å². The fourth-order valence-electron chi connectivity index (χ4n) is 5.10. The predicted molar refractivity (Wildman–Crippen MR) is 96.5 cm³/mol. The molecule has 5 nitrogen and oxygen atoms in total. The number of nitrogens with two attached hydrogens (primary N) is 2. The van der Waals surface area contributed by atoms with Gasteiger partial charge in [0.15, 0.2) is 0 Å². The predicted octanol–water partition coefficient (Wildman–Crippen LogP) is 2.07. The van der Waals surface area contributed by atoms with Gasteiger partial charge in [0.05, 0.1) is 0 Å². The fourth-order valence-corrected chi connectivity index (χ4v) is 5.10. The Labute approximate surface area is 151 Å². The third-order valence-electron chi connectivity index (χ3n) is 6.39. The third-order valence-corrected chi connectivity index (χ3v) is 6.39. The first-order valence-electron chi connectivity index (χ1n) is 9.37. The lowest BCUT2D eigenvalue weighted by molar-refractivity contribution is -0.140. The van der Waals surface area contributed by atoms with E-state index < -0.39 is 0 Å². The Morgan fingerprint density at radius 3 is 2.33 bits per heavy atom. The first-order chi connectivity index (χ1) is 11.0. The van der Waals surface area contributed by atoms with Crippen molar-refractivity contribution >= 4 is 24.2 Å². The summed E-state index contributed by atoms with van der Waals surface area (Å²) < 4.78 is 0. The summed E-state index contributed by atoms with van der Waals surface area (Å²) >= 11 is 0. The van der Waals surface area contributed by atoms with E-state index in [1.807, 2.05) is 0 Å². The number of amides is 2. The Morgan fingerprint density at radius 1 is 1.04 bits per heavy atom. The molecule has 3 unspecified atom stereocenters. The molecule has 0 spiro atoms. The molecule has 1 saturated heterocycles. The summed E-state index contributed by atoms with van der Waals surface area (Å²) in [5.74, 6) is 1.82. The molecule has 1 heterocycles. The van der Waals surface area contributed by atoms with Crippen molar-refractivity contribution in [3.05, 3.63) is 0 Å². The van der Waals surface area contributed by atoms with Crippen LogP contribution in [-0.2, 0) is 9.59 Å². The largest absolute Gasteiger partial charge is 0.370 e. The quantitative estimate of drug-likeness (QED) is 0.807. The number of nitrogens with zero attached hydrogens (tertiary/aromatic N) is 1. The third kappa shape index (κ3) is 4.42. The monoisotopic (exact) mass is 357 g/mol. The van der Waals surface area contributed by atoms with Gasteiger partial charge in [-0.2, -0.15) is 0 Å². The van der Waals surface area contributed by atoms with Gasteiger partial charge >= 0.3 is 0 Å². The van der Waals surface area contributed by atoms with Crippen molar-refractivity contribution < 1.29 is 9.59 Å². The normalized spacial score (nSPS) is 35.9. The van der Waals surface area contributed by atoms with Gasteiger partial charge in [0.1, 0.15) is 0 Å². The molecule has 2 saturated carbocycles. The number of rotatable bonds is 4. The number of carbonyl (C=O) groups is 2. The maximum Gasteiger partial charge on any atom is 0.225 e. The zero-order chi connectivity index (χ0) is 16.4. The van der Waals surface area contributed by atoms with Crippen LogP contribution in [0.15, 0.2) is 0 Å². The van der Waals surface area contributed by atoms with Gasteiger partial charge < -0.3 is 16.4 Å². The highest BCUT2D eigenvalue weighted by atomic mass is 35.5. The molecule has 24 heavy (non-hydrogen) atoms. The van der Waals surface area contributed by atoms with E-state index in [1.165, 1.54) is 19.3 Å². The van der Waals surface area contributed by atoms with Crippen LogP contribution in [0.25, 0.3) is 0 Å². The number of piperidine rings is 1. The molecule has 0 aromatic carbocycles. The molecule has 1 aliphatic heterocycles. The summed E-state index contributed by atoms with van der Waals surface area (Å²) in [5, 5.41) is 0. The maximum absolute atomic E-state index is 13.0. The first-order valence-corrected chi connectivity index (χ1v) is 9.37. The maximum atomic E-state index is 13.0. The number of likely N-dealkylation sites (tertiary alicyclic amines) is 1. The molecule has 0 aromatic rings. The number of primary amides is 1. The fraction of sp³-hybridized carbons (Fsp3) is 0.889. The van der Waals surface area contributed by atoms with Crippen molar-refractivity contribution in [1.29, 1.82) is 0 Å². The first kappa shape index (κ1) is 19.5. The molecule has 3 atom stereocenters. The van der Waals surface area contributed by atoms with Crippen molar-refractivity contribution in [2.45, 2.75) is 63.8 Å². The summed E-state index contributed by atoms with van der Waals surface area (Å²) in [5.41, 5.74) is 11.6. The summed E-state index contributed by atoms with van der Waals surface area (Å²) in [6.45, 7) is 1.69.